The summed E-state index contributed by atoms with van der Waals surface area (Å²) in [5, 5.41) is 8.99. The molecule has 0 aliphatic rings. The van der Waals surface area contributed by atoms with E-state index < -0.39 is 0 Å². The maximum Gasteiger partial charge on any atom is 0.337 e. The van der Waals surface area contributed by atoms with Crippen LogP contribution in [0.25, 0.3) is 11.3 Å². The molecule has 1 atom stereocenters. The van der Waals surface area contributed by atoms with E-state index in [0.29, 0.717) is 12.0 Å². The Kier molecular flexibility index (Phi) is 5.03. The van der Waals surface area contributed by atoms with E-state index >= 15 is 0 Å². The summed E-state index contributed by atoms with van der Waals surface area (Å²) in [4.78, 5) is 15.9. The number of carbonyl (C=O) groups excluding carboxylic acids is 1. The predicted molar refractivity (Wildman–Crippen MR) is 79.8 cm³/mol. The molecule has 1 aromatic carbocycles. The summed E-state index contributed by atoms with van der Waals surface area (Å²) in [6.45, 7) is -0.0697. The minimum absolute atomic E-state index is 0.0697. The van der Waals surface area contributed by atoms with Gasteiger partial charge in [0.25, 0.3) is 0 Å². The van der Waals surface area contributed by atoms with Crippen LogP contribution in [0.1, 0.15) is 16.1 Å². The zero-order valence-corrected chi connectivity index (χ0v) is 11.8. The Morgan fingerprint density at radius 1 is 1.29 bits per heavy atom. The number of aliphatic hydroxyl groups is 1. The first-order valence-corrected chi connectivity index (χ1v) is 6.65. The van der Waals surface area contributed by atoms with Gasteiger partial charge in [-0.05, 0) is 24.3 Å². The van der Waals surface area contributed by atoms with Crippen LogP contribution in [0.4, 0.5) is 0 Å². The third-order valence-electron chi connectivity index (χ3n) is 3.11. The number of rotatable bonds is 5. The molecule has 0 bridgehead atoms. The van der Waals surface area contributed by atoms with E-state index in [1.54, 1.807) is 12.1 Å². The number of aromatic nitrogens is 1. The average molecular weight is 286 g/mol. The van der Waals surface area contributed by atoms with E-state index in [9.17, 15) is 4.79 Å². The Labute approximate surface area is 123 Å². The van der Waals surface area contributed by atoms with E-state index in [1.807, 2.05) is 30.3 Å². The molecule has 5 nitrogen and oxygen atoms in total. The Balaban J connectivity index is 2.21. The summed E-state index contributed by atoms with van der Waals surface area (Å²) in [6, 6.07) is 12.4. The molecule has 2 aromatic rings. The summed E-state index contributed by atoms with van der Waals surface area (Å²) >= 11 is 0. The Morgan fingerprint density at radius 3 is 2.62 bits per heavy atom. The van der Waals surface area contributed by atoms with Gasteiger partial charge in [0.1, 0.15) is 0 Å². The van der Waals surface area contributed by atoms with Crippen LogP contribution in [0.15, 0.2) is 42.5 Å². The van der Waals surface area contributed by atoms with Gasteiger partial charge in [-0.2, -0.15) is 0 Å². The smallest absolute Gasteiger partial charge is 0.337 e. The number of nitrogens with two attached hydrogens (primary N) is 1. The lowest BCUT2D eigenvalue weighted by molar-refractivity contribution is 0.0601. The minimum atomic E-state index is -0.364. The van der Waals surface area contributed by atoms with Crippen LogP contribution in [-0.2, 0) is 11.2 Å². The number of esters is 1. The highest BCUT2D eigenvalue weighted by Crippen LogP contribution is 2.18. The summed E-state index contributed by atoms with van der Waals surface area (Å²) in [7, 11) is 1.35. The summed E-state index contributed by atoms with van der Waals surface area (Å²) in [5.41, 5.74) is 8.75. The average Bonchev–Trinajstić information content (AvgIpc) is 2.54. The molecule has 0 aliphatic carbocycles. The summed E-state index contributed by atoms with van der Waals surface area (Å²) in [6.07, 6.45) is 0.518. The minimum Gasteiger partial charge on any atom is -0.465 e. The zero-order chi connectivity index (χ0) is 15.2. The molecular weight excluding hydrogens is 268 g/mol. The van der Waals surface area contributed by atoms with Crippen molar-refractivity contribution < 1.29 is 14.6 Å². The van der Waals surface area contributed by atoms with Gasteiger partial charge in [0.05, 0.1) is 25.0 Å². The van der Waals surface area contributed by atoms with Crippen molar-refractivity contribution in [2.75, 3.05) is 13.7 Å². The highest BCUT2D eigenvalue weighted by Gasteiger charge is 2.08. The van der Waals surface area contributed by atoms with Crippen LogP contribution in [0.5, 0.6) is 0 Å². The molecule has 21 heavy (non-hydrogen) atoms. The van der Waals surface area contributed by atoms with Gasteiger partial charge in [-0.25, -0.2) is 4.79 Å². The van der Waals surface area contributed by atoms with E-state index in [0.717, 1.165) is 17.0 Å². The van der Waals surface area contributed by atoms with Gasteiger partial charge in [-0.3, -0.25) is 4.98 Å². The van der Waals surface area contributed by atoms with Gasteiger partial charge in [0, 0.05) is 23.7 Å². The van der Waals surface area contributed by atoms with Crippen LogP contribution in [0.2, 0.25) is 0 Å². The first-order valence-electron chi connectivity index (χ1n) is 6.65. The number of ether oxygens (including phenoxy) is 1. The van der Waals surface area contributed by atoms with Gasteiger partial charge in [0.2, 0.25) is 0 Å². The molecule has 0 saturated carbocycles. The molecule has 0 aliphatic heterocycles. The summed E-state index contributed by atoms with van der Waals surface area (Å²) < 4.78 is 4.66. The molecular formula is C16H18N2O3. The quantitative estimate of drug-likeness (QED) is 0.811. The second-order valence-corrected chi connectivity index (χ2v) is 4.73. The number of nitrogens with zero attached hydrogens (tertiary/aromatic N) is 1. The lowest BCUT2D eigenvalue weighted by Gasteiger charge is -2.09. The molecule has 1 unspecified atom stereocenters. The molecule has 0 spiro atoms. The largest absolute Gasteiger partial charge is 0.465 e. The molecule has 0 fully saturated rings. The fourth-order valence-corrected chi connectivity index (χ4v) is 1.98. The lowest BCUT2D eigenvalue weighted by Crippen LogP contribution is -2.27. The van der Waals surface area contributed by atoms with Gasteiger partial charge in [0.15, 0.2) is 0 Å². The fraction of sp³-hybridized carbons (Fsp3) is 0.250. The molecule has 110 valence electrons. The topological polar surface area (TPSA) is 85.4 Å². The maximum atomic E-state index is 11.4. The molecule has 0 amide bonds. The summed E-state index contributed by atoms with van der Waals surface area (Å²) in [5.74, 6) is -0.364. The lowest BCUT2D eigenvalue weighted by atomic mass is 10.1. The highest BCUT2D eigenvalue weighted by atomic mass is 16.5. The van der Waals surface area contributed by atoms with Gasteiger partial charge >= 0.3 is 5.97 Å². The number of aliphatic hydroxyl groups excluding tert-OH is 1. The van der Waals surface area contributed by atoms with E-state index in [4.69, 9.17) is 10.8 Å². The second kappa shape index (κ2) is 6.97. The third kappa shape index (κ3) is 3.87. The van der Waals surface area contributed by atoms with Crippen molar-refractivity contribution in [1.82, 2.24) is 4.98 Å². The van der Waals surface area contributed by atoms with Crippen molar-refractivity contribution in [2.45, 2.75) is 12.5 Å². The van der Waals surface area contributed by atoms with E-state index in [-0.39, 0.29) is 18.6 Å². The number of pyridine rings is 1. The molecule has 0 saturated heterocycles. The molecule has 3 N–H and O–H groups in total. The number of carbonyl (C=O) groups is 1. The zero-order valence-electron chi connectivity index (χ0n) is 11.8. The fourth-order valence-electron chi connectivity index (χ4n) is 1.98. The number of benzene rings is 1. The van der Waals surface area contributed by atoms with Crippen LogP contribution < -0.4 is 5.73 Å². The molecule has 5 heteroatoms. The monoisotopic (exact) mass is 286 g/mol. The van der Waals surface area contributed by atoms with Gasteiger partial charge in [-0.15, -0.1) is 0 Å². The normalized spacial score (nSPS) is 12.0. The van der Waals surface area contributed by atoms with Crippen molar-refractivity contribution in [2.24, 2.45) is 5.73 Å². The predicted octanol–water partition coefficient (Wildman–Crippen LogP) is 1.40. The van der Waals surface area contributed by atoms with Crippen molar-refractivity contribution >= 4 is 5.97 Å². The Hall–Kier alpha value is -2.24. The number of hydrogen-bond donors (Lipinski definition) is 2. The second-order valence-electron chi connectivity index (χ2n) is 4.73. The number of methoxy groups -OCH3 is 1. The number of hydrogen-bond acceptors (Lipinski definition) is 5. The highest BCUT2D eigenvalue weighted by molar-refractivity contribution is 5.89. The van der Waals surface area contributed by atoms with Crippen LogP contribution in [-0.4, -0.2) is 35.8 Å². The SMILES string of the molecule is COC(=O)c1ccc(-c2cccc(CC(N)CO)n2)cc1. The van der Waals surface area contributed by atoms with Crippen molar-refractivity contribution in [3.8, 4) is 11.3 Å². The van der Waals surface area contributed by atoms with E-state index in [2.05, 4.69) is 9.72 Å². The first kappa shape index (κ1) is 15.2. The van der Waals surface area contributed by atoms with Crippen molar-refractivity contribution in [1.29, 1.82) is 0 Å². The van der Waals surface area contributed by atoms with E-state index in [1.165, 1.54) is 7.11 Å². The Morgan fingerprint density at radius 2 is 2.00 bits per heavy atom. The first-order chi connectivity index (χ1) is 10.1. The molecule has 1 aromatic heterocycles. The van der Waals surface area contributed by atoms with Crippen LogP contribution >= 0.6 is 0 Å². The van der Waals surface area contributed by atoms with Crippen molar-refractivity contribution in [3.63, 3.8) is 0 Å². The van der Waals surface area contributed by atoms with Crippen molar-refractivity contribution in [3.05, 3.63) is 53.7 Å². The molecule has 2 rings (SSSR count). The van der Waals surface area contributed by atoms with Crippen LogP contribution in [0, 0.1) is 0 Å². The maximum absolute atomic E-state index is 11.4. The molecule has 1 heterocycles. The standard InChI is InChI=1S/C16H18N2O3/c1-21-16(20)12-7-5-11(6-8-12)15-4-2-3-14(18-15)9-13(17)10-19/h2-8,13,19H,9-10,17H2,1H3. The van der Waals surface area contributed by atoms with Gasteiger partial charge < -0.3 is 15.6 Å². The Bertz CT molecular complexity index is 611. The molecule has 0 radical (unpaired) electrons. The van der Waals surface area contributed by atoms with Gasteiger partial charge in [-0.1, -0.05) is 18.2 Å². The van der Waals surface area contributed by atoms with Crippen LogP contribution in [0.3, 0.4) is 0 Å². The third-order valence-corrected chi connectivity index (χ3v) is 3.11.